The molecule has 2 heteroatoms. The number of allylic oxidation sites excluding steroid dienone is 2. The molecule has 0 spiro atoms. The molecule has 0 amide bonds. The number of hydrogen-bond acceptors (Lipinski definition) is 2. The lowest BCUT2D eigenvalue weighted by molar-refractivity contribution is -0.123. The first-order valence-corrected chi connectivity index (χ1v) is 6.97. The highest BCUT2D eigenvalue weighted by molar-refractivity contribution is 6.28. The Labute approximate surface area is 113 Å². The molecule has 2 aliphatic rings. The van der Waals surface area contributed by atoms with Gasteiger partial charge in [-0.15, -0.1) is 0 Å². The minimum Gasteiger partial charge on any atom is -0.293 e. The zero-order valence-corrected chi connectivity index (χ0v) is 11.5. The van der Waals surface area contributed by atoms with Crippen LogP contribution in [-0.4, -0.2) is 11.6 Å². The molecule has 0 saturated heterocycles. The largest absolute Gasteiger partial charge is 0.293 e. The van der Waals surface area contributed by atoms with Crippen molar-refractivity contribution in [1.82, 2.24) is 0 Å². The molecule has 0 N–H and O–H groups in total. The van der Waals surface area contributed by atoms with Gasteiger partial charge in [-0.1, -0.05) is 23.8 Å². The van der Waals surface area contributed by atoms with Crippen LogP contribution >= 0.6 is 0 Å². The number of aryl methyl sites for hydroxylation is 2. The first-order valence-electron chi connectivity index (χ1n) is 6.97. The van der Waals surface area contributed by atoms with Crippen molar-refractivity contribution in [2.75, 3.05) is 0 Å². The maximum Gasteiger partial charge on any atom is 0.174 e. The summed E-state index contributed by atoms with van der Waals surface area (Å²) in [5, 5.41) is 0. The van der Waals surface area contributed by atoms with Crippen molar-refractivity contribution in [2.24, 2.45) is 0 Å². The molecule has 2 nitrogen and oxygen atoms in total. The first kappa shape index (κ1) is 12.3. The minimum absolute atomic E-state index is 0.0617. The van der Waals surface area contributed by atoms with Crippen LogP contribution in [0.25, 0.3) is 0 Å². The van der Waals surface area contributed by atoms with Crippen molar-refractivity contribution in [1.29, 1.82) is 0 Å². The summed E-state index contributed by atoms with van der Waals surface area (Å²) in [7, 11) is 0. The maximum absolute atomic E-state index is 12.5. The molecule has 0 fully saturated rings. The van der Waals surface area contributed by atoms with E-state index in [4.69, 9.17) is 0 Å². The molecule has 1 aromatic rings. The average molecular weight is 254 g/mol. The molecule has 0 unspecified atom stereocenters. The number of ketones is 2. The summed E-state index contributed by atoms with van der Waals surface area (Å²) in [5.74, 6) is -0.429. The van der Waals surface area contributed by atoms with E-state index in [1.165, 1.54) is 0 Å². The van der Waals surface area contributed by atoms with Crippen LogP contribution in [0, 0.1) is 13.8 Å². The van der Waals surface area contributed by atoms with Crippen molar-refractivity contribution < 1.29 is 9.59 Å². The van der Waals surface area contributed by atoms with Crippen molar-refractivity contribution >= 4 is 11.6 Å². The Balaban J connectivity index is 2.04. The normalized spacial score (nSPS) is 20.1. The maximum atomic E-state index is 12.5. The fourth-order valence-corrected chi connectivity index (χ4v) is 3.35. The predicted molar refractivity (Wildman–Crippen MR) is 74.2 cm³/mol. The zero-order valence-electron chi connectivity index (χ0n) is 11.5. The van der Waals surface area contributed by atoms with E-state index in [1.54, 1.807) is 0 Å². The number of carbonyl (C=O) groups is 2. The van der Waals surface area contributed by atoms with Gasteiger partial charge in [-0.3, -0.25) is 9.59 Å². The topological polar surface area (TPSA) is 34.1 Å². The quantitative estimate of drug-likeness (QED) is 0.720. The van der Waals surface area contributed by atoms with E-state index < -0.39 is 5.92 Å². The van der Waals surface area contributed by atoms with E-state index in [9.17, 15) is 9.59 Å². The molecule has 1 aromatic carbocycles. The van der Waals surface area contributed by atoms with E-state index in [-0.39, 0.29) is 11.6 Å². The van der Waals surface area contributed by atoms with Crippen LogP contribution in [0.4, 0.5) is 0 Å². The second-order valence-corrected chi connectivity index (χ2v) is 5.69. The third kappa shape index (κ3) is 1.86. The van der Waals surface area contributed by atoms with Gasteiger partial charge in [-0.25, -0.2) is 0 Å². The van der Waals surface area contributed by atoms with Crippen LogP contribution in [0.3, 0.4) is 0 Å². The van der Waals surface area contributed by atoms with Crippen LogP contribution in [0.5, 0.6) is 0 Å². The fraction of sp³-hybridized carbons (Fsp3) is 0.412. The summed E-state index contributed by atoms with van der Waals surface area (Å²) in [6.45, 7) is 4.01. The van der Waals surface area contributed by atoms with Crippen molar-refractivity contribution in [3.63, 3.8) is 0 Å². The molecule has 0 atom stereocenters. The number of hydrogen-bond donors (Lipinski definition) is 0. The van der Waals surface area contributed by atoms with Gasteiger partial charge in [-0.2, -0.15) is 0 Å². The van der Waals surface area contributed by atoms with Crippen LogP contribution in [0.1, 0.15) is 48.3 Å². The van der Waals surface area contributed by atoms with Gasteiger partial charge in [-0.05, 0) is 50.7 Å². The molecule has 0 bridgehead atoms. The SMILES string of the molecule is Cc1ccc(C2C(=O)C3=C(CCCC3)C2=O)c(C)c1. The Morgan fingerprint density at radius 2 is 1.53 bits per heavy atom. The highest BCUT2D eigenvalue weighted by atomic mass is 16.2. The van der Waals surface area contributed by atoms with Crippen molar-refractivity contribution in [3.8, 4) is 0 Å². The number of Topliss-reactive ketones (excluding diaryl/α,β-unsaturated/α-hetero) is 2. The van der Waals surface area contributed by atoms with E-state index in [0.717, 1.165) is 53.5 Å². The summed E-state index contributed by atoms with van der Waals surface area (Å²) in [6.07, 6.45) is 3.66. The van der Waals surface area contributed by atoms with Crippen LogP contribution in [0.2, 0.25) is 0 Å². The van der Waals surface area contributed by atoms with E-state index in [0.29, 0.717) is 0 Å². The predicted octanol–water partition coefficient (Wildman–Crippen LogP) is 3.41. The second kappa shape index (κ2) is 4.44. The first-order chi connectivity index (χ1) is 9.09. The van der Waals surface area contributed by atoms with Gasteiger partial charge in [0.15, 0.2) is 11.6 Å². The Bertz CT molecular complexity index is 580. The summed E-state index contributed by atoms with van der Waals surface area (Å²) in [5.41, 5.74) is 4.75. The molecule has 0 aromatic heterocycles. The Morgan fingerprint density at radius 3 is 2.05 bits per heavy atom. The third-order valence-electron chi connectivity index (χ3n) is 4.32. The molecular weight excluding hydrogens is 236 g/mol. The number of carbonyl (C=O) groups excluding carboxylic acids is 2. The Hall–Kier alpha value is -1.70. The fourth-order valence-electron chi connectivity index (χ4n) is 3.35. The molecule has 0 saturated carbocycles. The summed E-state index contributed by atoms with van der Waals surface area (Å²) >= 11 is 0. The summed E-state index contributed by atoms with van der Waals surface area (Å²) < 4.78 is 0. The standard InChI is InChI=1S/C17H18O2/c1-10-7-8-12(11(2)9-10)15-16(18)13-5-3-4-6-14(13)17(15)19/h7-9,15H,3-6H2,1-2H3. The molecule has 19 heavy (non-hydrogen) atoms. The van der Waals surface area contributed by atoms with Crippen molar-refractivity contribution in [3.05, 3.63) is 46.0 Å². The number of rotatable bonds is 1. The Kier molecular flexibility index (Phi) is 2.89. The highest BCUT2D eigenvalue weighted by Crippen LogP contribution is 2.40. The molecule has 0 aliphatic heterocycles. The summed E-state index contributed by atoms with van der Waals surface area (Å²) in [6, 6.07) is 5.98. The average Bonchev–Trinajstić information content (AvgIpc) is 2.64. The van der Waals surface area contributed by atoms with Gasteiger partial charge < -0.3 is 0 Å². The van der Waals surface area contributed by atoms with E-state index >= 15 is 0 Å². The molecule has 0 heterocycles. The molecule has 3 rings (SSSR count). The lowest BCUT2D eigenvalue weighted by Gasteiger charge is -2.12. The van der Waals surface area contributed by atoms with Gasteiger partial charge >= 0.3 is 0 Å². The third-order valence-corrected chi connectivity index (χ3v) is 4.32. The molecule has 2 aliphatic carbocycles. The molecule has 98 valence electrons. The monoisotopic (exact) mass is 254 g/mol. The van der Waals surface area contributed by atoms with Gasteiger partial charge in [0.25, 0.3) is 0 Å². The highest BCUT2D eigenvalue weighted by Gasteiger charge is 2.42. The van der Waals surface area contributed by atoms with Crippen LogP contribution in [0.15, 0.2) is 29.3 Å². The second-order valence-electron chi connectivity index (χ2n) is 5.69. The van der Waals surface area contributed by atoms with Crippen LogP contribution in [-0.2, 0) is 9.59 Å². The lowest BCUT2D eigenvalue weighted by atomic mass is 9.89. The lowest BCUT2D eigenvalue weighted by Crippen LogP contribution is -2.16. The van der Waals surface area contributed by atoms with Gasteiger partial charge in [0, 0.05) is 11.1 Å². The van der Waals surface area contributed by atoms with Gasteiger partial charge in [0.2, 0.25) is 0 Å². The Morgan fingerprint density at radius 1 is 0.947 bits per heavy atom. The van der Waals surface area contributed by atoms with Gasteiger partial charge in [0.1, 0.15) is 5.92 Å². The molecular formula is C17H18O2. The van der Waals surface area contributed by atoms with E-state index in [1.807, 2.05) is 32.0 Å². The smallest absolute Gasteiger partial charge is 0.174 e. The van der Waals surface area contributed by atoms with Crippen molar-refractivity contribution in [2.45, 2.75) is 45.4 Å². The van der Waals surface area contributed by atoms with Crippen LogP contribution < -0.4 is 0 Å². The summed E-state index contributed by atoms with van der Waals surface area (Å²) in [4.78, 5) is 25.0. The minimum atomic E-state index is -0.552. The molecule has 0 radical (unpaired) electrons. The zero-order chi connectivity index (χ0) is 13.6. The van der Waals surface area contributed by atoms with E-state index in [2.05, 4.69) is 0 Å². The van der Waals surface area contributed by atoms with Gasteiger partial charge in [0.05, 0.1) is 0 Å². The number of benzene rings is 1.